The fourth-order valence-electron chi connectivity index (χ4n) is 3.78. The molecular weight excluding hydrogens is 625 g/mol. The van der Waals surface area contributed by atoms with Crippen molar-refractivity contribution in [3.8, 4) is 0 Å². The lowest BCUT2D eigenvalue weighted by Gasteiger charge is -2.32. The second kappa shape index (κ2) is 13.7. The molecule has 0 fully saturated rings. The van der Waals surface area contributed by atoms with Crippen molar-refractivity contribution in [1.82, 2.24) is 10.2 Å². The zero-order valence-corrected chi connectivity index (χ0v) is 25.7. The van der Waals surface area contributed by atoms with Gasteiger partial charge in [0.05, 0.1) is 15.6 Å². The van der Waals surface area contributed by atoms with Crippen molar-refractivity contribution in [2.75, 3.05) is 17.4 Å². The van der Waals surface area contributed by atoms with Gasteiger partial charge in [-0.15, -0.1) is 0 Å². The Balaban J connectivity index is 2.04. The van der Waals surface area contributed by atoms with Crippen molar-refractivity contribution in [3.63, 3.8) is 0 Å². The summed E-state index contributed by atoms with van der Waals surface area (Å²) in [7, 11) is -4.23. The van der Waals surface area contributed by atoms with E-state index in [1.165, 1.54) is 35.2 Å². The normalized spacial score (nSPS) is 12.2. The molecule has 3 aromatic rings. The number of halogens is 3. The third-order valence-corrected chi connectivity index (χ3v) is 8.70. The molecule has 2 amide bonds. The van der Waals surface area contributed by atoms with Gasteiger partial charge in [0.1, 0.15) is 12.6 Å². The highest BCUT2D eigenvalue weighted by Crippen LogP contribution is 2.33. The third kappa shape index (κ3) is 8.20. The molecule has 208 valence electrons. The highest BCUT2D eigenvalue weighted by atomic mass is 79.9. The number of benzene rings is 3. The first-order valence-electron chi connectivity index (χ1n) is 12.2. The van der Waals surface area contributed by atoms with Gasteiger partial charge >= 0.3 is 0 Å². The van der Waals surface area contributed by atoms with Crippen LogP contribution >= 0.6 is 39.1 Å². The van der Waals surface area contributed by atoms with Crippen LogP contribution in [0.5, 0.6) is 0 Å². The quantitative estimate of drug-likeness (QED) is 0.269. The Kier molecular flexibility index (Phi) is 10.8. The number of sulfonamides is 1. The Morgan fingerprint density at radius 3 is 2.28 bits per heavy atom. The lowest BCUT2D eigenvalue weighted by molar-refractivity contribution is -0.139. The van der Waals surface area contributed by atoms with E-state index in [1.807, 2.05) is 38.1 Å². The predicted molar refractivity (Wildman–Crippen MR) is 159 cm³/mol. The van der Waals surface area contributed by atoms with E-state index < -0.39 is 28.5 Å². The fraction of sp³-hybridized carbons (Fsp3) is 0.286. The van der Waals surface area contributed by atoms with Gasteiger partial charge in [-0.05, 0) is 60.9 Å². The maximum absolute atomic E-state index is 13.9. The Bertz CT molecular complexity index is 1420. The van der Waals surface area contributed by atoms with Crippen molar-refractivity contribution in [1.29, 1.82) is 0 Å². The zero-order valence-electron chi connectivity index (χ0n) is 21.8. The van der Waals surface area contributed by atoms with E-state index in [1.54, 1.807) is 25.1 Å². The van der Waals surface area contributed by atoms with Gasteiger partial charge in [-0.3, -0.25) is 13.9 Å². The summed E-state index contributed by atoms with van der Waals surface area (Å²) in [6.07, 6.45) is 0. The monoisotopic (exact) mass is 653 g/mol. The van der Waals surface area contributed by atoms with Crippen LogP contribution in [0.3, 0.4) is 0 Å². The zero-order chi connectivity index (χ0) is 28.7. The minimum absolute atomic E-state index is 0.0184. The molecule has 3 rings (SSSR count). The number of nitrogens with one attached hydrogen (secondary N) is 1. The van der Waals surface area contributed by atoms with Gasteiger partial charge in [0, 0.05) is 22.6 Å². The summed E-state index contributed by atoms with van der Waals surface area (Å²) >= 11 is 16.1. The van der Waals surface area contributed by atoms with Gasteiger partial charge in [0.25, 0.3) is 10.0 Å². The lowest BCUT2D eigenvalue weighted by Crippen LogP contribution is -2.51. The van der Waals surface area contributed by atoms with Crippen LogP contribution in [0.4, 0.5) is 5.69 Å². The van der Waals surface area contributed by atoms with E-state index in [9.17, 15) is 18.0 Å². The molecule has 0 aliphatic carbocycles. The molecule has 11 heteroatoms. The summed E-state index contributed by atoms with van der Waals surface area (Å²) in [5.74, 6) is -0.713. The van der Waals surface area contributed by atoms with Crippen LogP contribution in [0.2, 0.25) is 10.0 Å². The summed E-state index contributed by atoms with van der Waals surface area (Å²) < 4.78 is 29.4. The highest BCUT2D eigenvalue weighted by Gasteiger charge is 2.33. The highest BCUT2D eigenvalue weighted by molar-refractivity contribution is 9.10. The molecule has 0 unspecified atom stereocenters. The summed E-state index contributed by atoms with van der Waals surface area (Å²) in [5.41, 5.74) is 0.820. The molecule has 1 atom stereocenters. The van der Waals surface area contributed by atoms with Crippen molar-refractivity contribution < 1.29 is 18.0 Å². The molecule has 39 heavy (non-hydrogen) atoms. The Labute approximate surface area is 248 Å². The largest absolute Gasteiger partial charge is 0.354 e. The van der Waals surface area contributed by atoms with E-state index >= 15 is 0 Å². The molecular formula is C28H30BrCl2N3O4S. The van der Waals surface area contributed by atoms with Gasteiger partial charge in [0.15, 0.2) is 0 Å². The first-order chi connectivity index (χ1) is 18.4. The van der Waals surface area contributed by atoms with Crippen LogP contribution in [-0.4, -0.2) is 44.3 Å². The Morgan fingerprint density at radius 2 is 1.64 bits per heavy atom. The van der Waals surface area contributed by atoms with E-state index in [-0.39, 0.29) is 39.0 Å². The second-order valence-electron chi connectivity index (χ2n) is 9.39. The number of anilines is 1. The van der Waals surface area contributed by atoms with Crippen LogP contribution in [0.25, 0.3) is 0 Å². The molecule has 3 aromatic carbocycles. The van der Waals surface area contributed by atoms with Crippen LogP contribution in [0.1, 0.15) is 26.3 Å². The van der Waals surface area contributed by atoms with E-state index in [2.05, 4.69) is 21.2 Å². The molecule has 0 aromatic heterocycles. The summed E-state index contributed by atoms with van der Waals surface area (Å²) in [4.78, 5) is 28.3. The average Bonchev–Trinajstić information content (AvgIpc) is 2.90. The second-order valence-corrected chi connectivity index (χ2v) is 13.0. The molecule has 0 saturated carbocycles. The molecule has 0 heterocycles. The minimum Gasteiger partial charge on any atom is -0.354 e. The first-order valence-corrected chi connectivity index (χ1v) is 15.2. The summed E-state index contributed by atoms with van der Waals surface area (Å²) in [6.45, 7) is 5.47. The standard InChI is InChI=1S/C28H30BrCl2N3O4S/c1-19(2)16-32-28(36)20(3)33(17-21-8-7-9-22(29)14-21)27(35)18-34(26-15-23(30)12-13-25(26)31)39(37,38)24-10-5-4-6-11-24/h4-15,19-20H,16-18H2,1-3H3,(H,32,36)/t20-/m0/s1. The lowest BCUT2D eigenvalue weighted by atomic mass is 10.1. The smallest absolute Gasteiger partial charge is 0.264 e. The molecule has 0 bridgehead atoms. The molecule has 0 saturated heterocycles. The molecule has 0 aliphatic rings. The molecule has 0 spiro atoms. The Morgan fingerprint density at radius 1 is 0.949 bits per heavy atom. The van der Waals surface area contributed by atoms with Gasteiger partial charge in [0.2, 0.25) is 11.8 Å². The van der Waals surface area contributed by atoms with Crippen molar-refractivity contribution in [2.24, 2.45) is 5.92 Å². The van der Waals surface area contributed by atoms with E-state index in [4.69, 9.17) is 23.2 Å². The van der Waals surface area contributed by atoms with Crippen LogP contribution in [-0.2, 0) is 26.2 Å². The molecule has 1 N–H and O–H groups in total. The number of carbonyl (C=O) groups is 2. The van der Waals surface area contributed by atoms with Crippen molar-refractivity contribution >= 4 is 66.7 Å². The predicted octanol–water partition coefficient (Wildman–Crippen LogP) is 6.14. The maximum atomic E-state index is 13.9. The fourth-order valence-corrected chi connectivity index (χ4v) is 6.11. The van der Waals surface area contributed by atoms with Crippen LogP contribution in [0, 0.1) is 5.92 Å². The minimum atomic E-state index is -4.23. The summed E-state index contributed by atoms with van der Waals surface area (Å²) in [5, 5.41) is 3.22. The number of hydrogen-bond donors (Lipinski definition) is 1. The molecule has 0 aliphatic heterocycles. The van der Waals surface area contributed by atoms with Gasteiger partial charge in [-0.2, -0.15) is 0 Å². The van der Waals surface area contributed by atoms with Gasteiger partial charge in [-0.25, -0.2) is 8.42 Å². The third-order valence-electron chi connectivity index (χ3n) is 5.88. The number of hydrogen-bond acceptors (Lipinski definition) is 4. The molecule has 0 radical (unpaired) electrons. The molecule has 7 nitrogen and oxygen atoms in total. The maximum Gasteiger partial charge on any atom is 0.264 e. The topological polar surface area (TPSA) is 86.8 Å². The van der Waals surface area contributed by atoms with Crippen LogP contribution < -0.4 is 9.62 Å². The number of rotatable bonds is 11. The average molecular weight is 655 g/mol. The Hall–Kier alpha value is -2.59. The number of nitrogens with zero attached hydrogens (tertiary/aromatic N) is 2. The van der Waals surface area contributed by atoms with Gasteiger partial charge in [-0.1, -0.05) is 83.3 Å². The van der Waals surface area contributed by atoms with Crippen molar-refractivity contribution in [2.45, 2.75) is 38.3 Å². The van der Waals surface area contributed by atoms with Crippen LogP contribution in [0.15, 0.2) is 82.2 Å². The SMILES string of the molecule is CC(C)CNC(=O)[C@H](C)N(Cc1cccc(Br)c1)C(=O)CN(c1cc(Cl)ccc1Cl)S(=O)(=O)c1ccccc1. The first kappa shape index (κ1) is 30.9. The number of carbonyl (C=O) groups excluding carboxylic acids is 2. The van der Waals surface area contributed by atoms with E-state index in [0.717, 1.165) is 14.3 Å². The van der Waals surface area contributed by atoms with Crippen molar-refractivity contribution in [3.05, 3.63) is 92.9 Å². The summed E-state index contributed by atoms with van der Waals surface area (Å²) in [6, 6.07) is 18.6. The number of amides is 2. The van der Waals surface area contributed by atoms with Gasteiger partial charge < -0.3 is 10.2 Å². The van der Waals surface area contributed by atoms with E-state index in [0.29, 0.717) is 6.54 Å².